The number of nitrogens with zero attached hydrogens (tertiary/aromatic N) is 1. The van der Waals surface area contributed by atoms with Crippen molar-refractivity contribution in [1.82, 2.24) is 4.90 Å². The van der Waals surface area contributed by atoms with Gasteiger partial charge in [0, 0.05) is 34.9 Å². The number of carbonyl (C=O) groups excluding carboxylic acids is 1. The molecule has 1 aliphatic carbocycles. The first-order chi connectivity index (χ1) is 9.70. The summed E-state index contributed by atoms with van der Waals surface area (Å²) >= 11 is 6.02. The van der Waals surface area contributed by atoms with E-state index in [0.29, 0.717) is 18.0 Å². The number of halogens is 2. The van der Waals surface area contributed by atoms with Crippen molar-refractivity contribution in [3.05, 3.63) is 28.3 Å². The number of benzene rings is 1. The van der Waals surface area contributed by atoms with Crippen LogP contribution in [0.15, 0.2) is 17.0 Å². The molecule has 0 atom stereocenters. The van der Waals surface area contributed by atoms with E-state index in [-0.39, 0.29) is 21.4 Å². The van der Waals surface area contributed by atoms with Gasteiger partial charge < -0.3 is 4.90 Å². The molecule has 7 heteroatoms. The fraction of sp³-hybridized carbons (Fsp3) is 0.500. The molecule has 1 saturated carbocycles. The molecule has 1 aromatic carbocycles. The smallest absolute Gasteiger partial charge is 0.261 e. The highest BCUT2D eigenvalue weighted by Crippen LogP contribution is 2.29. The molecule has 21 heavy (non-hydrogen) atoms. The molecule has 0 radical (unpaired) electrons. The highest BCUT2D eigenvalue weighted by molar-refractivity contribution is 8.13. The first-order valence-corrected chi connectivity index (χ1v) is 9.39. The predicted molar refractivity (Wildman–Crippen MR) is 83.5 cm³/mol. The van der Waals surface area contributed by atoms with Gasteiger partial charge in [-0.2, -0.15) is 0 Å². The summed E-state index contributed by atoms with van der Waals surface area (Å²) < 4.78 is 22.9. The molecule has 4 nitrogen and oxygen atoms in total. The van der Waals surface area contributed by atoms with E-state index in [9.17, 15) is 13.2 Å². The third-order valence-corrected chi connectivity index (χ3v) is 5.66. The Balaban J connectivity index is 2.33. The molecular formula is C14H17Cl2NO3S. The number of amides is 1. The van der Waals surface area contributed by atoms with Gasteiger partial charge in [-0.3, -0.25) is 4.79 Å². The van der Waals surface area contributed by atoms with Crippen molar-refractivity contribution in [1.29, 1.82) is 0 Å². The third kappa shape index (κ3) is 3.71. The molecule has 0 N–H and O–H groups in total. The van der Waals surface area contributed by atoms with Crippen molar-refractivity contribution in [2.75, 3.05) is 13.6 Å². The zero-order chi connectivity index (χ0) is 15.8. The predicted octanol–water partition coefficient (Wildman–Crippen LogP) is 3.45. The van der Waals surface area contributed by atoms with Crippen LogP contribution in [0.3, 0.4) is 0 Å². The van der Waals surface area contributed by atoms with Crippen molar-refractivity contribution < 1.29 is 13.2 Å². The molecule has 0 aromatic heterocycles. The van der Waals surface area contributed by atoms with E-state index >= 15 is 0 Å². The molecule has 1 aliphatic rings. The SMILES string of the molecule is Cc1c(Cl)cc(S(=O)(=O)Cl)cc1C(=O)N(C)CC1CCC1. The summed E-state index contributed by atoms with van der Waals surface area (Å²) in [4.78, 5) is 14.0. The molecule has 1 amide bonds. The Morgan fingerprint density at radius 2 is 2.00 bits per heavy atom. The van der Waals surface area contributed by atoms with E-state index in [0.717, 1.165) is 12.8 Å². The number of hydrogen-bond acceptors (Lipinski definition) is 3. The molecule has 1 aromatic rings. The molecular weight excluding hydrogens is 333 g/mol. The van der Waals surface area contributed by atoms with Crippen molar-refractivity contribution in [2.24, 2.45) is 5.92 Å². The van der Waals surface area contributed by atoms with E-state index in [1.165, 1.54) is 18.6 Å². The van der Waals surface area contributed by atoms with Crippen LogP contribution in [-0.2, 0) is 9.05 Å². The number of carbonyl (C=O) groups is 1. The van der Waals surface area contributed by atoms with Crippen LogP contribution in [0.1, 0.15) is 35.2 Å². The van der Waals surface area contributed by atoms with Gasteiger partial charge in [0.05, 0.1) is 4.90 Å². The second-order valence-corrected chi connectivity index (χ2v) is 8.47. The minimum absolute atomic E-state index is 0.153. The van der Waals surface area contributed by atoms with Crippen LogP contribution in [0.25, 0.3) is 0 Å². The van der Waals surface area contributed by atoms with Crippen LogP contribution in [0.2, 0.25) is 5.02 Å². The Bertz CT molecular complexity index is 669. The van der Waals surface area contributed by atoms with E-state index in [4.69, 9.17) is 22.3 Å². The maximum absolute atomic E-state index is 12.5. The minimum atomic E-state index is -3.92. The van der Waals surface area contributed by atoms with E-state index in [2.05, 4.69) is 0 Å². The van der Waals surface area contributed by atoms with Gasteiger partial charge in [0.15, 0.2) is 0 Å². The van der Waals surface area contributed by atoms with Crippen LogP contribution in [-0.4, -0.2) is 32.8 Å². The average Bonchev–Trinajstić information content (AvgIpc) is 2.34. The van der Waals surface area contributed by atoms with Gasteiger partial charge in [-0.1, -0.05) is 18.0 Å². The van der Waals surface area contributed by atoms with Crippen LogP contribution in [0.5, 0.6) is 0 Å². The molecule has 116 valence electrons. The average molecular weight is 350 g/mol. The summed E-state index contributed by atoms with van der Waals surface area (Å²) in [7, 11) is 3.14. The lowest BCUT2D eigenvalue weighted by atomic mass is 9.85. The lowest BCUT2D eigenvalue weighted by Gasteiger charge is -2.30. The van der Waals surface area contributed by atoms with Gasteiger partial charge in [-0.25, -0.2) is 8.42 Å². The van der Waals surface area contributed by atoms with Crippen molar-refractivity contribution in [3.8, 4) is 0 Å². The van der Waals surface area contributed by atoms with Crippen molar-refractivity contribution in [3.63, 3.8) is 0 Å². The largest absolute Gasteiger partial charge is 0.341 e. The monoisotopic (exact) mass is 349 g/mol. The molecule has 0 heterocycles. The molecule has 1 fully saturated rings. The summed E-state index contributed by atoms with van der Waals surface area (Å²) in [5, 5.41) is 0.220. The van der Waals surface area contributed by atoms with Crippen molar-refractivity contribution >= 4 is 37.2 Å². The Morgan fingerprint density at radius 3 is 2.48 bits per heavy atom. The van der Waals surface area contributed by atoms with Gasteiger partial charge in [-0.05, 0) is 43.4 Å². The second-order valence-electron chi connectivity index (χ2n) is 5.50. The fourth-order valence-corrected chi connectivity index (χ4v) is 3.44. The fourth-order valence-electron chi connectivity index (χ4n) is 2.37. The number of rotatable bonds is 4. The Kier molecular flexibility index (Phi) is 4.85. The lowest BCUT2D eigenvalue weighted by molar-refractivity contribution is 0.0744. The third-order valence-electron chi connectivity index (χ3n) is 3.93. The summed E-state index contributed by atoms with van der Waals surface area (Å²) in [6, 6.07) is 2.56. The number of hydrogen-bond donors (Lipinski definition) is 0. The van der Waals surface area contributed by atoms with Crippen LogP contribution >= 0.6 is 22.3 Å². The molecule has 0 bridgehead atoms. The van der Waals surface area contributed by atoms with E-state index < -0.39 is 9.05 Å². The van der Waals surface area contributed by atoms with Gasteiger partial charge >= 0.3 is 0 Å². The molecule has 0 unspecified atom stereocenters. The van der Waals surface area contributed by atoms with Gasteiger partial charge in [-0.15, -0.1) is 0 Å². The Labute approximate surface area is 134 Å². The maximum atomic E-state index is 12.5. The lowest BCUT2D eigenvalue weighted by Crippen LogP contribution is -2.34. The van der Waals surface area contributed by atoms with Crippen LogP contribution in [0, 0.1) is 12.8 Å². The highest BCUT2D eigenvalue weighted by atomic mass is 35.7. The molecule has 2 rings (SSSR count). The Morgan fingerprint density at radius 1 is 1.38 bits per heavy atom. The van der Waals surface area contributed by atoms with Crippen LogP contribution in [0.4, 0.5) is 0 Å². The summed E-state index contributed by atoms with van der Waals surface area (Å²) in [5.41, 5.74) is 0.842. The summed E-state index contributed by atoms with van der Waals surface area (Å²) in [6.07, 6.45) is 3.47. The quantitative estimate of drug-likeness (QED) is 0.782. The van der Waals surface area contributed by atoms with E-state index in [1.807, 2.05) is 0 Å². The Hall–Kier alpha value is -0.780. The summed E-state index contributed by atoms with van der Waals surface area (Å²) in [6.45, 7) is 2.37. The minimum Gasteiger partial charge on any atom is -0.341 e. The normalized spacial score (nSPS) is 15.6. The zero-order valence-corrected chi connectivity index (χ0v) is 14.2. The van der Waals surface area contributed by atoms with E-state index in [1.54, 1.807) is 18.9 Å². The summed E-state index contributed by atoms with van der Waals surface area (Å²) in [5.74, 6) is 0.304. The van der Waals surface area contributed by atoms with Gasteiger partial charge in [0.2, 0.25) is 0 Å². The second kappa shape index (κ2) is 6.15. The van der Waals surface area contributed by atoms with Crippen LogP contribution < -0.4 is 0 Å². The standard InChI is InChI=1S/C14H17Cl2NO3S/c1-9-12(6-11(7-13(9)15)21(16,19)20)14(18)17(2)8-10-4-3-5-10/h6-7,10H,3-5,8H2,1-2H3. The van der Waals surface area contributed by atoms with Crippen molar-refractivity contribution in [2.45, 2.75) is 31.1 Å². The zero-order valence-electron chi connectivity index (χ0n) is 11.9. The first kappa shape index (κ1) is 16.6. The molecule has 0 aliphatic heterocycles. The highest BCUT2D eigenvalue weighted by Gasteiger charge is 2.24. The molecule has 0 spiro atoms. The topological polar surface area (TPSA) is 54.5 Å². The molecule has 0 saturated heterocycles. The van der Waals surface area contributed by atoms with Gasteiger partial charge in [0.1, 0.15) is 0 Å². The maximum Gasteiger partial charge on any atom is 0.261 e. The van der Waals surface area contributed by atoms with Gasteiger partial charge in [0.25, 0.3) is 15.0 Å². The first-order valence-electron chi connectivity index (χ1n) is 6.70.